The smallest absolute Gasteiger partial charge is 0.356 e. The molecule has 1 aromatic carbocycles. The second-order valence-electron chi connectivity index (χ2n) is 5.67. The van der Waals surface area contributed by atoms with Gasteiger partial charge in [0.15, 0.2) is 5.96 Å². The van der Waals surface area contributed by atoms with Crippen LogP contribution in [0.25, 0.3) is 0 Å². The van der Waals surface area contributed by atoms with Gasteiger partial charge >= 0.3 is 6.18 Å². The van der Waals surface area contributed by atoms with Gasteiger partial charge < -0.3 is 16.0 Å². The SMILES string of the molecule is CCC(C)NC(=O)CCNC(=NC)NCc1ccc(C(F)(F)F)cc1. The zero-order valence-corrected chi connectivity index (χ0v) is 14.7. The maximum Gasteiger partial charge on any atom is 0.416 e. The Morgan fingerprint density at radius 1 is 1.20 bits per heavy atom. The van der Waals surface area contributed by atoms with Gasteiger partial charge in [-0.3, -0.25) is 9.79 Å². The highest BCUT2D eigenvalue weighted by Crippen LogP contribution is 2.28. The number of carbonyl (C=O) groups is 1. The van der Waals surface area contributed by atoms with Crippen LogP contribution in [0.2, 0.25) is 0 Å². The van der Waals surface area contributed by atoms with Crippen LogP contribution in [0.5, 0.6) is 0 Å². The van der Waals surface area contributed by atoms with Crippen LogP contribution in [0.4, 0.5) is 13.2 Å². The number of alkyl halides is 3. The van der Waals surface area contributed by atoms with Crippen molar-refractivity contribution in [2.75, 3.05) is 13.6 Å². The molecular formula is C17H25F3N4O. The van der Waals surface area contributed by atoms with E-state index in [-0.39, 0.29) is 11.9 Å². The largest absolute Gasteiger partial charge is 0.416 e. The summed E-state index contributed by atoms with van der Waals surface area (Å²) in [4.78, 5) is 15.7. The van der Waals surface area contributed by atoms with Gasteiger partial charge in [0.05, 0.1) is 5.56 Å². The molecule has 1 rings (SSSR count). The lowest BCUT2D eigenvalue weighted by atomic mass is 10.1. The van der Waals surface area contributed by atoms with E-state index in [1.165, 1.54) is 12.1 Å². The van der Waals surface area contributed by atoms with Crippen LogP contribution in [-0.4, -0.2) is 31.5 Å². The highest BCUT2D eigenvalue weighted by molar-refractivity contribution is 5.81. The molecule has 5 nitrogen and oxygen atoms in total. The van der Waals surface area contributed by atoms with E-state index in [2.05, 4.69) is 20.9 Å². The maximum atomic E-state index is 12.5. The number of guanidine groups is 1. The summed E-state index contributed by atoms with van der Waals surface area (Å²) in [6.45, 7) is 4.68. The van der Waals surface area contributed by atoms with E-state index in [0.717, 1.165) is 18.6 Å². The molecule has 0 fully saturated rings. The lowest BCUT2D eigenvalue weighted by Gasteiger charge is -2.14. The lowest BCUT2D eigenvalue weighted by Crippen LogP contribution is -2.40. The van der Waals surface area contributed by atoms with E-state index in [1.807, 2.05) is 13.8 Å². The molecular weight excluding hydrogens is 333 g/mol. The molecule has 0 aliphatic heterocycles. The Bertz CT molecular complexity index is 570. The van der Waals surface area contributed by atoms with Crippen LogP contribution in [0, 0.1) is 0 Å². The van der Waals surface area contributed by atoms with Crippen molar-refractivity contribution in [3.8, 4) is 0 Å². The predicted octanol–water partition coefficient (Wildman–Crippen LogP) is 2.68. The van der Waals surface area contributed by atoms with Gasteiger partial charge in [0.2, 0.25) is 5.91 Å². The van der Waals surface area contributed by atoms with E-state index >= 15 is 0 Å². The third-order valence-corrected chi connectivity index (χ3v) is 3.63. The Morgan fingerprint density at radius 3 is 2.36 bits per heavy atom. The number of aliphatic imine (C=N–C) groups is 1. The summed E-state index contributed by atoms with van der Waals surface area (Å²) in [5.74, 6) is 0.441. The summed E-state index contributed by atoms with van der Waals surface area (Å²) >= 11 is 0. The van der Waals surface area contributed by atoms with Crippen LogP contribution >= 0.6 is 0 Å². The normalized spacial score (nSPS) is 13.3. The highest BCUT2D eigenvalue weighted by atomic mass is 19.4. The average molecular weight is 358 g/mol. The van der Waals surface area contributed by atoms with Crippen molar-refractivity contribution < 1.29 is 18.0 Å². The zero-order chi connectivity index (χ0) is 18.9. The molecule has 0 aliphatic rings. The van der Waals surface area contributed by atoms with Gasteiger partial charge in [0, 0.05) is 32.6 Å². The van der Waals surface area contributed by atoms with Gasteiger partial charge in [-0.2, -0.15) is 13.2 Å². The average Bonchev–Trinajstić information content (AvgIpc) is 2.57. The fourth-order valence-corrected chi connectivity index (χ4v) is 1.96. The van der Waals surface area contributed by atoms with Crippen LogP contribution < -0.4 is 16.0 Å². The van der Waals surface area contributed by atoms with Crippen LogP contribution in [0.3, 0.4) is 0 Å². The number of nitrogens with zero attached hydrogens (tertiary/aromatic N) is 1. The van der Waals surface area contributed by atoms with Gasteiger partial charge in [0.1, 0.15) is 0 Å². The summed E-state index contributed by atoms with van der Waals surface area (Å²) in [7, 11) is 1.58. The first-order valence-corrected chi connectivity index (χ1v) is 8.16. The minimum absolute atomic E-state index is 0.0416. The van der Waals surface area contributed by atoms with E-state index in [9.17, 15) is 18.0 Å². The van der Waals surface area contributed by atoms with Crippen LogP contribution in [0.15, 0.2) is 29.3 Å². The number of amides is 1. The second kappa shape index (κ2) is 9.90. The molecule has 0 aliphatic carbocycles. The number of nitrogens with one attached hydrogen (secondary N) is 3. The Kier molecular flexibility index (Phi) is 8.24. The molecule has 0 bridgehead atoms. The van der Waals surface area contributed by atoms with Gasteiger partial charge in [0.25, 0.3) is 0 Å². The highest BCUT2D eigenvalue weighted by Gasteiger charge is 2.29. The molecule has 0 heterocycles. The summed E-state index contributed by atoms with van der Waals surface area (Å²) in [5.41, 5.74) is 0.0246. The lowest BCUT2D eigenvalue weighted by molar-refractivity contribution is -0.137. The van der Waals surface area contributed by atoms with Crippen molar-refractivity contribution in [2.24, 2.45) is 4.99 Å². The summed E-state index contributed by atoms with van der Waals surface area (Å²) in [5, 5.41) is 8.86. The molecule has 1 aromatic rings. The zero-order valence-electron chi connectivity index (χ0n) is 14.7. The molecule has 1 amide bonds. The van der Waals surface area contributed by atoms with Crippen LogP contribution in [0.1, 0.15) is 37.8 Å². The molecule has 25 heavy (non-hydrogen) atoms. The summed E-state index contributed by atoms with van der Waals surface area (Å²) in [6.07, 6.45) is -3.15. The first kappa shape index (κ1) is 20.8. The molecule has 0 spiro atoms. The molecule has 140 valence electrons. The van der Waals surface area contributed by atoms with Crippen LogP contribution in [-0.2, 0) is 17.5 Å². The fraction of sp³-hybridized carbons (Fsp3) is 0.529. The molecule has 8 heteroatoms. The van der Waals surface area contributed by atoms with Gasteiger partial charge in [-0.15, -0.1) is 0 Å². The molecule has 0 saturated carbocycles. The first-order valence-electron chi connectivity index (χ1n) is 8.16. The molecule has 1 unspecified atom stereocenters. The van der Waals surface area contributed by atoms with Gasteiger partial charge in [-0.05, 0) is 31.0 Å². The molecule has 0 radical (unpaired) electrons. The number of rotatable bonds is 7. The second-order valence-corrected chi connectivity index (χ2v) is 5.67. The van der Waals surface area contributed by atoms with Gasteiger partial charge in [-0.1, -0.05) is 19.1 Å². The molecule has 1 atom stereocenters. The fourth-order valence-electron chi connectivity index (χ4n) is 1.96. The number of benzene rings is 1. The number of hydrogen-bond acceptors (Lipinski definition) is 2. The van der Waals surface area contributed by atoms with Crippen molar-refractivity contribution in [3.05, 3.63) is 35.4 Å². The van der Waals surface area contributed by atoms with Crippen molar-refractivity contribution in [3.63, 3.8) is 0 Å². The monoisotopic (exact) mass is 358 g/mol. The molecule has 0 aromatic heterocycles. The third-order valence-electron chi connectivity index (χ3n) is 3.63. The van der Waals surface area contributed by atoms with E-state index in [0.29, 0.717) is 31.0 Å². The Labute approximate surface area is 146 Å². The van der Waals surface area contributed by atoms with E-state index < -0.39 is 11.7 Å². The molecule has 0 saturated heterocycles. The third kappa shape index (κ3) is 7.91. The van der Waals surface area contributed by atoms with Crippen molar-refractivity contribution >= 4 is 11.9 Å². The van der Waals surface area contributed by atoms with E-state index in [1.54, 1.807) is 7.05 Å². The number of hydrogen-bond donors (Lipinski definition) is 3. The number of carbonyl (C=O) groups excluding carboxylic acids is 1. The maximum absolute atomic E-state index is 12.5. The standard InChI is InChI=1S/C17H25F3N4O/c1-4-12(2)24-15(25)9-10-22-16(21-3)23-11-13-5-7-14(8-6-13)17(18,19)20/h5-8,12H,4,9-11H2,1-3H3,(H,24,25)(H2,21,22,23). The minimum Gasteiger partial charge on any atom is -0.356 e. The Morgan fingerprint density at radius 2 is 1.84 bits per heavy atom. The molecule has 3 N–H and O–H groups in total. The topological polar surface area (TPSA) is 65.5 Å². The first-order chi connectivity index (χ1) is 11.8. The Balaban J connectivity index is 2.38. The number of halogens is 3. The quantitative estimate of drug-likeness (QED) is 0.519. The predicted molar refractivity (Wildman–Crippen MR) is 92.2 cm³/mol. The summed E-state index contributed by atoms with van der Waals surface area (Å²) < 4.78 is 37.6. The van der Waals surface area contributed by atoms with Gasteiger partial charge in [-0.25, -0.2) is 0 Å². The van der Waals surface area contributed by atoms with Crippen molar-refractivity contribution in [1.29, 1.82) is 0 Å². The van der Waals surface area contributed by atoms with Crippen molar-refractivity contribution in [2.45, 2.75) is 45.5 Å². The van der Waals surface area contributed by atoms with E-state index in [4.69, 9.17) is 0 Å². The summed E-state index contributed by atoms with van der Waals surface area (Å²) in [6, 6.07) is 5.08. The van der Waals surface area contributed by atoms with Crippen molar-refractivity contribution in [1.82, 2.24) is 16.0 Å². The Hall–Kier alpha value is -2.25. The minimum atomic E-state index is -4.33.